The number of benzene rings is 1. The van der Waals surface area contributed by atoms with Crippen molar-refractivity contribution >= 4 is 5.69 Å². The Morgan fingerprint density at radius 1 is 0.952 bits per heavy atom. The van der Waals surface area contributed by atoms with Crippen LogP contribution in [-0.4, -0.2) is 37.6 Å². The first-order chi connectivity index (χ1) is 10.3. The number of anilines is 1. The molecule has 3 rings (SSSR count). The van der Waals surface area contributed by atoms with Crippen molar-refractivity contribution in [1.82, 2.24) is 4.90 Å². The van der Waals surface area contributed by atoms with E-state index in [0.29, 0.717) is 0 Å². The molecule has 1 aliphatic carbocycles. The summed E-state index contributed by atoms with van der Waals surface area (Å²) in [5, 5.41) is 8.86. The standard InChI is InChI=1S/C18H25N3/c19-14-16-6-8-18(9-7-16)21-12-10-20(11-13-21)15-17-4-2-1-3-5-17/h6-9,17H,1-5,10-13,15H2. The van der Waals surface area contributed by atoms with Crippen molar-refractivity contribution in [1.29, 1.82) is 5.26 Å². The van der Waals surface area contributed by atoms with Gasteiger partial charge in [0, 0.05) is 38.4 Å². The molecule has 0 bridgehead atoms. The van der Waals surface area contributed by atoms with Crippen molar-refractivity contribution in [3.63, 3.8) is 0 Å². The molecule has 3 heteroatoms. The number of rotatable bonds is 3. The summed E-state index contributed by atoms with van der Waals surface area (Å²) in [4.78, 5) is 5.09. The molecule has 1 aromatic carbocycles. The highest BCUT2D eigenvalue weighted by atomic mass is 15.3. The Bertz CT molecular complexity index is 474. The van der Waals surface area contributed by atoms with Crippen LogP contribution in [0.25, 0.3) is 0 Å². The topological polar surface area (TPSA) is 30.3 Å². The van der Waals surface area contributed by atoms with Gasteiger partial charge in [-0.3, -0.25) is 4.90 Å². The molecule has 1 saturated heterocycles. The first-order valence-corrected chi connectivity index (χ1v) is 8.32. The average molecular weight is 283 g/mol. The van der Waals surface area contributed by atoms with Gasteiger partial charge in [0.15, 0.2) is 0 Å². The second-order valence-corrected chi connectivity index (χ2v) is 6.45. The molecule has 0 unspecified atom stereocenters. The summed E-state index contributed by atoms with van der Waals surface area (Å²) in [7, 11) is 0. The second-order valence-electron chi connectivity index (χ2n) is 6.45. The van der Waals surface area contributed by atoms with Gasteiger partial charge in [0.2, 0.25) is 0 Å². The summed E-state index contributed by atoms with van der Waals surface area (Å²) in [6.45, 7) is 5.88. The van der Waals surface area contributed by atoms with Gasteiger partial charge in [0.1, 0.15) is 0 Å². The highest BCUT2D eigenvalue weighted by molar-refractivity contribution is 5.50. The third-order valence-corrected chi connectivity index (χ3v) is 4.97. The third-order valence-electron chi connectivity index (χ3n) is 4.97. The van der Waals surface area contributed by atoms with E-state index < -0.39 is 0 Å². The van der Waals surface area contributed by atoms with E-state index in [-0.39, 0.29) is 0 Å². The summed E-state index contributed by atoms with van der Waals surface area (Å²) in [6, 6.07) is 10.2. The SMILES string of the molecule is N#Cc1ccc(N2CCN(CC3CCCCC3)CC2)cc1. The summed E-state index contributed by atoms with van der Waals surface area (Å²) >= 11 is 0. The summed E-state index contributed by atoms with van der Waals surface area (Å²) in [6.07, 6.45) is 7.21. The van der Waals surface area contributed by atoms with Crippen molar-refractivity contribution < 1.29 is 0 Å². The fourth-order valence-corrected chi connectivity index (χ4v) is 3.67. The van der Waals surface area contributed by atoms with E-state index in [1.807, 2.05) is 12.1 Å². The Labute approximate surface area is 128 Å². The van der Waals surface area contributed by atoms with Crippen LogP contribution in [0.2, 0.25) is 0 Å². The number of hydrogen-bond donors (Lipinski definition) is 0. The van der Waals surface area contributed by atoms with Gasteiger partial charge in [-0.05, 0) is 43.0 Å². The maximum atomic E-state index is 8.86. The van der Waals surface area contributed by atoms with Crippen LogP contribution in [0.3, 0.4) is 0 Å². The van der Waals surface area contributed by atoms with Gasteiger partial charge in [-0.1, -0.05) is 19.3 Å². The van der Waals surface area contributed by atoms with Crippen LogP contribution in [-0.2, 0) is 0 Å². The van der Waals surface area contributed by atoms with Crippen LogP contribution in [0.4, 0.5) is 5.69 Å². The molecular weight excluding hydrogens is 258 g/mol. The molecule has 0 N–H and O–H groups in total. The van der Waals surface area contributed by atoms with E-state index in [9.17, 15) is 0 Å². The third kappa shape index (κ3) is 3.77. The fourth-order valence-electron chi connectivity index (χ4n) is 3.67. The number of nitriles is 1. The van der Waals surface area contributed by atoms with Crippen LogP contribution in [0, 0.1) is 17.2 Å². The van der Waals surface area contributed by atoms with Crippen molar-refractivity contribution in [3.8, 4) is 6.07 Å². The fraction of sp³-hybridized carbons (Fsp3) is 0.611. The minimum atomic E-state index is 0.745. The molecule has 2 aliphatic rings. The molecule has 0 amide bonds. The number of hydrogen-bond acceptors (Lipinski definition) is 3. The number of nitrogens with zero attached hydrogens (tertiary/aromatic N) is 3. The first-order valence-electron chi connectivity index (χ1n) is 8.32. The Kier molecular flexibility index (Phi) is 4.77. The molecule has 1 saturated carbocycles. The predicted molar refractivity (Wildman–Crippen MR) is 86.4 cm³/mol. The monoisotopic (exact) mass is 283 g/mol. The lowest BCUT2D eigenvalue weighted by Crippen LogP contribution is -2.48. The van der Waals surface area contributed by atoms with Crippen LogP contribution < -0.4 is 4.90 Å². The largest absolute Gasteiger partial charge is 0.369 e. The summed E-state index contributed by atoms with van der Waals surface area (Å²) < 4.78 is 0. The predicted octanol–water partition coefficient (Wildman–Crippen LogP) is 3.26. The molecule has 1 aromatic rings. The van der Waals surface area contributed by atoms with Crippen molar-refractivity contribution in [2.24, 2.45) is 5.92 Å². The second kappa shape index (κ2) is 6.95. The minimum Gasteiger partial charge on any atom is -0.369 e. The van der Waals surface area contributed by atoms with Crippen molar-refractivity contribution in [2.45, 2.75) is 32.1 Å². The molecule has 1 aliphatic heterocycles. The Balaban J connectivity index is 1.49. The first kappa shape index (κ1) is 14.4. The van der Waals surface area contributed by atoms with Crippen LogP contribution in [0.1, 0.15) is 37.7 Å². The minimum absolute atomic E-state index is 0.745. The molecule has 0 aromatic heterocycles. The lowest BCUT2D eigenvalue weighted by molar-refractivity contribution is 0.192. The zero-order valence-corrected chi connectivity index (χ0v) is 12.8. The van der Waals surface area contributed by atoms with Gasteiger partial charge in [0.05, 0.1) is 11.6 Å². The lowest BCUT2D eigenvalue weighted by Gasteiger charge is -2.38. The van der Waals surface area contributed by atoms with E-state index in [1.54, 1.807) is 0 Å². The molecular formula is C18H25N3. The number of piperazine rings is 1. The van der Waals surface area contributed by atoms with E-state index in [0.717, 1.165) is 24.6 Å². The summed E-state index contributed by atoms with van der Waals surface area (Å²) in [5.74, 6) is 0.945. The Morgan fingerprint density at radius 2 is 1.62 bits per heavy atom. The molecule has 0 radical (unpaired) electrons. The maximum absolute atomic E-state index is 8.86. The smallest absolute Gasteiger partial charge is 0.0991 e. The van der Waals surface area contributed by atoms with Gasteiger partial charge >= 0.3 is 0 Å². The van der Waals surface area contributed by atoms with Crippen LogP contribution in [0.15, 0.2) is 24.3 Å². The van der Waals surface area contributed by atoms with E-state index in [1.165, 1.54) is 57.4 Å². The van der Waals surface area contributed by atoms with E-state index in [4.69, 9.17) is 5.26 Å². The van der Waals surface area contributed by atoms with Crippen molar-refractivity contribution in [3.05, 3.63) is 29.8 Å². The van der Waals surface area contributed by atoms with E-state index in [2.05, 4.69) is 28.0 Å². The van der Waals surface area contributed by atoms with E-state index >= 15 is 0 Å². The highest BCUT2D eigenvalue weighted by Gasteiger charge is 2.21. The lowest BCUT2D eigenvalue weighted by atomic mass is 9.89. The highest BCUT2D eigenvalue weighted by Crippen LogP contribution is 2.25. The molecule has 0 spiro atoms. The van der Waals surface area contributed by atoms with Crippen LogP contribution in [0.5, 0.6) is 0 Å². The van der Waals surface area contributed by atoms with Gasteiger partial charge in [-0.15, -0.1) is 0 Å². The van der Waals surface area contributed by atoms with Crippen LogP contribution >= 0.6 is 0 Å². The average Bonchev–Trinajstić information content (AvgIpc) is 2.57. The molecule has 3 nitrogen and oxygen atoms in total. The molecule has 1 heterocycles. The molecule has 0 atom stereocenters. The molecule has 2 fully saturated rings. The zero-order valence-electron chi connectivity index (χ0n) is 12.8. The van der Waals surface area contributed by atoms with Gasteiger partial charge in [-0.2, -0.15) is 5.26 Å². The van der Waals surface area contributed by atoms with Gasteiger partial charge in [-0.25, -0.2) is 0 Å². The molecule has 21 heavy (non-hydrogen) atoms. The van der Waals surface area contributed by atoms with Gasteiger partial charge < -0.3 is 4.90 Å². The summed E-state index contributed by atoms with van der Waals surface area (Å²) in [5.41, 5.74) is 2.00. The Morgan fingerprint density at radius 3 is 2.24 bits per heavy atom. The quantitative estimate of drug-likeness (QED) is 0.853. The Hall–Kier alpha value is -1.53. The normalized spacial score (nSPS) is 21.2. The van der Waals surface area contributed by atoms with Gasteiger partial charge in [0.25, 0.3) is 0 Å². The maximum Gasteiger partial charge on any atom is 0.0991 e. The molecule has 112 valence electrons. The van der Waals surface area contributed by atoms with Crippen molar-refractivity contribution in [2.75, 3.05) is 37.6 Å². The zero-order chi connectivity index (χ0) is 14.5.